The van der Waals surface area contributed by atoms with Gasteiger partial charge in [0.05, 0.1) is 12.1 Å². The topological polar surface area (TPSA) is 61.4 Å². The fraction of sp³-hybridized carbons (Fsp3) is 0.818. The molecule has 5 heteroatoms. The van der Waals surface area contributed by atoms with E-state index in [4.69, 9.17) is 0 Å². The monoisotopic (exact) mass is 227 g/mol. The first-order chi connectivity index (χ1) is 7.40. The molecule has 1 aliphatic heterocycles. The van der Waals surface area contributed by atoms with Crippen LogP contribution in [0.25, 0.3) is 0 Å². The van der Waals surface area contributed by atoms with Gasteiger partial charge in [-0.3, -0.25) is 14.5 Å². The third kappa shape index (κ3) is 3.48. The highest BCUT2D eigenvalue weighted by Gasteiger charge is 2.34. The maximum Gasteiger partial charge on any atom is 0.217 e. The lowest BCUT2D eigenvalue weighted by molar-refractivity contribution is -0.122. The van der Waals surface area contributed by atoms with Crippen LogP contribution in [0.15, 0.2) is 0 Å². The van der Waals surface area contributed by atoms with Gasteiger partial charge >= 0.3 is 0 Å². The lowest BCUT2D eigenvalue weighted by Gasteiger charge is -2.19. The minimum absolute atomic E-state index is 0.0174. The van der Waals surface area contributed by atoms with Crippen molar-refractivity contribution in [3.8, 4) is 0 Å². The summed E-state index contributed by atoms with van der Waals surface area (Å²) >= 11 is 0. The Balaban J connectivity index is 2.63. The largest absolute Gasteiger partial charge is 0.350 e. The number of carbonyl (C=O) groups is 2. The van der Waals surface area contributed by atoms with Gasteiger partial charge in [0.25, 0.3) is 0 Å². The van der Waals surface area contributed by atoms with Gasteiger partial charge in [-0.25, -0.2) is 0 Å². The smallest absolute Gasteiger partial charge is 0.217 e. The number of rotatable bonds is 3. The van der Waals surface area contributed by atoms with Gasteiger partial charge in [0, 0.05) is 33.0 Å². The van der Waals surface area contributed by atoms with Crippen LogP contribution >= 0.6 is 0 Å². The molecule has 0 unspecified atom stereocenters. The summed E-state index contributed by atoms with van der Waals surface area (Å²) in [6.45, 7) is 8.82. The number of nitrogens with zero attached hydrogens (tertiary/aromatic N) is 1. The van der Waals surface area contributed by atoms with Gasteiger partial charge in [0.2, 0.25) is 11.8 Å². The van der Waals surface area contributed by atoms with Crippen LogP contribution in [-0.2, 0) is 9.59 Å². The van der Waals surface area contributed by atoms with E-state index in [2.05, 4.69) is 29.4 Å². The minimum Gasteiger partial charge on any atom is -0.350 e. The van der Waals surface area contributed by atoms with E-state index in [1.54, 1.807) is 0 Å². The van der Waals surface area contributed by atoms with Gasteiger partial charge in [-0.15, -0.1) is 0 Å². The average Bonchev–Trinajstić information content (AvgIpc) is 2.46. The standard InChI is InChI=1S/C11H21N3O2/c1-7(2)14-5-10(12-8(3)15)11(6-14)13-9(4)16/h7,10-11H,5-6H2,1-4H3,(H,12,15)(H,13,16)/t10-,11+. The van der Waals surface area contributed by atoms with Crippen LogP contribution in [-0.4, -0.2) is 47.9 Å². The molecule has 0 spiro atoms. The van der Waals surface area contributed by atoms with E-state index in [9.17, 15) is 9.59 Å². The fourth-order valence-corrected chi connectivity index (χ4v) is 2.07. The molecule has 2 amide bonds. The van der Waals surface area contributed by atoms with Crippen LogP contribution < -0.4 is 10.6 Å². The molecule has 1 aliphatic rings. The number of hydrogen-bond acceptors (Lipinski definition) is 3. The Labute approximate surface area is 96.6 Å². The Hall–Kier alpha value is -1.10. The van der Waals surface area contributed by atoms with Gasteiger partial charge in [0.1, 0.15) is 0 Å². The van der Waals surface area contributed by atoms with E-state index in [1.807, 2.05) is 0 Å². The van der Waals surface area contributed by atoms with Gasteiger partial charge in [-0.05, 0) is 13.8 Å². The van der Waals surface area contributed by atoms with E-state index in [1.165, 1.54) is 13.8 Å². The van der Waals surface area contributed by atoms with Gasteiger partial charge < -0.3 is 10.6 Å². The molecule has 1 fully saturated rings. The summed E-state index contributed by atoms with van der Waals surface area (Å²) in [6, 6.07) is 0.461. The third-order valence-corrected chi connectivity index (χ3v) is 2.86. The van der Waals surface area contributed by atoms with Crippen molar-refractivity contribution >= 4 is 11.8 Å². The van der Waals surface area contributed by atoms with Gasteiger partial charge in [-0.2, -0.15) is 0 Å². The Bertz CT molecular complexity index is 254. The summed E-state index contributed by atoms with van der Waals surface area (Å²) in [5.41, 5.74) is 0. The molecule has 16 heavy (non-hydrogen) atoms. The van der Waals surface area contributed by atoms with Gasteiger partial charge in [-0.1, -0.05) is 0 Å². The molecule has 0 aromatic rings. The Morgan fingerprint density at radius 1 is 1.06 bits per heavy atom. The summed E-state index contributed by atoms with van der Waals surface area (Å²) in [6.07, 6.45) is 0. The van der Waals surface area contributed by atoms with Crippen LogP contribution in [0.5, 0.6) is 0 Å². The minimum atomic E-state index is -0.0500. The molecule has 92 valence electrons. The van der Waals surface area contributed by atoms with Crippen molar-refractivity contribution in [1.82, 2.24) is 15.5 Å². The van der Waals surface area contributed by atoms with Crippen molar-refractivity contribution in [2.24, 2.45) is 0 Å². The van der Waals surface area contributed by atoms with Crippen LogP contribution in [0.2, 0.25) is 0 Å². The molecule has 5 nitrogen and oxygen atoms in total. The molecule has 1 rings (SSSR count). The molecular formula is C11H21N3O2. The first kappa shape index (κ1) is 13.0. The molecule has 0 saturated carbocycles. The molecule has 0 aromatic heterocycles. The molecule has 2 N–H and O–H groups in total. The zero-order valence-corrected chi connectivity index (χ0v) is 10.4. The number of hydrogen-bond donors (Lipinski definition) is 2. The van der Waals surface area contributed by atoms with E-state index < -0.39 is 0 Å². The van der Waals surface area contributed by atoms with E-state index in [-0.39, 0.29) is 23.9 Å². The van der Waals surface area contributed by atoms with Crippen LogP contribution in [0.3, 0.4) is 0 Å². The zero-order valence-electron chi connectivity index (χ0n) is 10.4. The molecule has 0 bridgehead atoms. The molecule has 0 radical (unpaired) electrons. The van der Waals surface area contributed by atoms with Crippen molar-refractivity contribution < 1.29 is 9.59 Å². The van der Waals surface area contributed by atoms with E-state index >= 15 is 0 Å². The van der Waals surface area contributed by atoms with Crippen molar-refractivity contribution in [2.45, 2.75) is 45.8 Å². The van der Waals surface area contributed by atoms with Crippen molar-refractivity contribution in [1.29, 1.82) is 0 Å². The number of amides is 2. The average molecular weight is 227 g/mol. The zero-order chi connectivity index (χ0) is 12.3. The summed E-state index contributed by atoms with van der Waals surface area (Å²) in [4.78, 5) is 24.4. The highest BCUT2D eigenvalue weighted by atomic mass is 16.2. The molecule has 1 heterocycles. The Morgan fingerprint density at radius 3 is 1.69 bits per heavy atom. The summed E-state index contributed by atoms with van der Waals surface area (Å²) in [5, 5.41) is 5.77. The second-order valence-corrected chi connectivity index (χ2v) is 4.66. The molecular weight excluding hydrogens is 206 g/mol. The summed E-state index contributed by atoms with van der Waals surface area (Å²) in [5.74, 6) is -0.100. The van der Waals surface area contributed by atoms with Crippen LogP contribution in [0, 0.1) is 0 Å². The summed E-state index contributed by atoms with van der Waals surface area (Å²) in [7, 11) is 0. The highest BCUT2D eigenvalue weighted by Crippen LogP contribution is 2.13. The maximum absolute atomic E-state index is 11.1. The molecule has 0 aromatic carbocycles. The fourth-order valence-electron chi connectivity index (χ4n) is 2.07. The molecule has 0 aliphatic carbocycles. The first-order valence-corrected chi connectivity index (χ1v) is 5.68. The predicted molar refractivity (Wildman–Crippen MR) is 61.9 cm³/mol. The van der Waals surface area contributed by atoms with Crippen LogP contribution in [0.1, 0.15) is 27.7 Å². The third-order valence-electron chi connectivity index (χ3n) is 2.86. The SMILES string of the molecule is CC(=O)N[C@H]1CN(C(C)C)C[C@H]1NC(C)=O. The van der Waals surface area contributed by atoms with Crippen molar-refractivity contribution in [2.75, 3.05) is 13.1 Å². The molecule has 2 atom stereocenters. The van der Waals surface area contributed by atoms with E-state index in [0.717, 1.165) is 13.1 Å². The highest BCUT2D eigenvalue weighted by molar-refractivity contribution is 5.75. The van der Waals surface area contributed by atoms with Crippen LogP contribution in [0.4, 0.5) is 0 Å². The summed E-state index contributed by atoms with van der Waals surface area (Å²) < 4.78 is 0. The second kappa shape index (κ2) is 5.30. The Kier molecular flexibility index (Phi) is 4.29. The Morgan fingerprint density at radius 2 is 1.44 bits per heavy atom. The first-order valence-electron chi connectivity index (χ1n) is 5.68. The van der Waals surface area contributed by atoms with Crippen molar-refractivity contribution in [3.63, 3.8) is 0 Å². The number of likely N-dealkylation sites (tertiary alicyclic amines) is 1. The normalized spacial score (nSPS) is 25.8. The lowest BCUT2D eigenvalue weighted by atomic mass is 10.1. The molecule has 1 saturated heterocycles. The number of nitrogens with one attached hydrogen (secondary N) is 2. The van der Waals surface area contributed by atoms with Gasteiger partial charge in [0.15, 0.2) is 0 Å². The van der Waals surface area contributed by atoms with Crippen molar-refractivity contribution in [3.05, 3.63) is 0 Å². The second-order valence-electron chi connectivity index (χ2n) is 4.66. The predicted octanol–water partition coefficient (Wildman–Crippen LogP) is -0.280. The maximum atomic E-state index is 11.1. The van der Waals surface area contributed by atoms with E-state index in [0.29, 0.717) is 6.04 Å². The number of carbonyl (C=O) groups excluding carboxylic acids is 2. The quantitative estimate of drug-likeness (QED) is 0.697. The lowest BCUT2D eigenvalue weighted by Crippen LogP contribution is -2.49.